The molecule has 17 heavy (non-hydrogen) atoms. The quantitative estimate of drug-likeness (QED) is 0.809. The Labute approximate surface area is 107 Å². The van der Waals surface area contributed by atoms with Gasteiger partial charge in [-0.3, -0.25) is 14.9 Å². The van der Waals surface area contributed by atoms with Crippen LogP contribution in [0.3, 0.4) is 0 Å². The van der Waals surface area contributed by atoms with Crippen LogP contribution in [0.1, 0.15) is 18.5 Å². The van der Waals surface area contributed by atoms with Gasteiger partial charge in [0.2, 0.25) is 11.8 Å². The van der Waals surface area contributed by atoms with Gasteiger partial charge in [-0.05, 0) is 41.4 Å². The van der Waals surface area contributed by atoms with E-state index in [9.17, 15) is 9.59 Å². The molecule has 1 aliphatic rings. The van der Waals surface area contributed by atoms with Gasteiger partial charge in [0.1, 0.15) is 11.9 Å². The first-order valence-electron chi connectivity index (χ1n) is 5.29. The number of carbonyl (C=O) groups is 2. The van der Waals surface area contributed by atoms with Crippen molar-refractivity contribution in [2.45, 2.75) is 25.8 Å². The van der Waals surface area contributed by atoms with Crippen LogP contribution in [0, 0.1) is 6.92 Å². The monoisotopic (exact) mass is 297 g/mol. The van der Waals surface area contributed by atoms with Gasteiger partial charge >= 0.3 is 0 Å². The number of imide groups is 1. The molecule has 1 saturated heterocycles. The Kier molecular flexibility index (Phi) is 3.42. The highest BCUT2D eigenvalue weighted by Gasteiger charge is 2.26. The van der Waals surface area contributed by atoms with E-state index >= 15 is 0 Å². The van der Waals surface area contributed by atoms with Crippen LogP contribution in [0.4, 0.5) is 5.82 Å². The molecule has 2 rings (SSSR count). The van der Waals surface area contributed by atoms with E-state index < -0.39 is 0 Å². The molecule has 1 aliphatic heterocycles. The van der Waals surface area contributed by atoms with E-state index in [1.54, 1.807) is 6.07 Å². The summed E-state index contributed by atoms with van der Waals surface area (Å²) in [4.78, 5) is 26.8. The number of pyridine rings is 1. The third-order valence-corrected chi connectivity index (χ3v) is 3.42. The largest absolute Gasteiger partial charge is 0.358 e. The van der Waals surface area contributed by atoms with Crippen LogP contribution in [0.2, 0.25) is 0 Å². The van der Waals surface area contributed by atoms with Crippen molar-refractivity contribution >= 4 is 33.6 Å². The summed E-state index contributed by atoms with van der Waals surface area (Å²) in [6.07, 6.45) is 0.861. The highest BCUT2D eigenvalue weighted by molar-refractivity contribution is 9.10. The van der Waals surface area contributed by atoms with Gasteiger partial charge in [-0.25, -0.2) is 4.98 Å². The minimum Gasteiger partial charge on any atom is -0.358 e. The lowest BCUT2D eigenvalue weighted by molar-refractivity contribution is -0.133. The van der Waals surface area contributed by atoms with E-state index in [1.165, 1.54) is 0 Å². The predicted molar refractivity (Wildman–Crippen MR) is 66.5 cm³/mol. The van der Waals surface area contributed by atoms with Gasteiger partial charge in [0.25, 0.3) is 0 Å². The van der Waals surface area contributed by atoms with E-state index in [2.05, 4.69) is 31.5 Å². The number of piperidine rings is 1. The van der Waals surface area contributed by atoms with E-state index in [-0.39, 0.29) is 17.9 Å². The summed E-state index contributed by atoms with van der Waals surface area (Å²) in [5, 5.41) is 5.32. The van der Waals surface area contributed by atoms with Crippen LogP contribution in [-0.4, -0.2) is 22.8 Å². The number of amides is 2. The van der Waals surface area contributed by atoms with E-state index in [4.69, 9.17) is 0 Å². The number of carbonyl (C=O) groups excluding carboxylic acids is 2. The van der Waals surface area contributed by atoms with Crippen LogP contribution < -0.4 is 10.6 Å². The SMILES string of the molecule is Cc1nc(NC2CCC(=O)NC2=O)ccc1Br. The molecule has 90 valence electrons. The molecule has 0 aliphatic carbocycles. The second kappa shape index (κ2) is 4.83. The molecule has 1 aromatic heterocycles. The molecule has 0 saturated carbocycles. The van der Waals surface area contributed by atoms with Gasteiger partial charge in [-0.15, -0.1) is 0 Å². The van der Waals surface area contributed by atoms with Crippen LogP contribution in [0.5, 0.6) is 0 Å². The zero-order valence-corrected chi connectivity index (χ0v) is 10.9. The third kappa shape index (κ3) is 2.82. The first-order valence-corrected chi connectivity index (χ1v) is 6.09. The Morgan fingerprint density at radius 2 is 2.24 bits per heavy atom. The van der Waals surface area contributed by atoms with Crippen molar-refractivity contribution < 1.29 is 9.59 Å². The van der Waals surface area contributed by atoms with Crippen molar-refractivity contribution in [1.29, 1.82) is 0 Å². The number of aromatic nitrogens is 1. The molecule has 1 aromatic rings. The highest BCUT2D eigenvalue weighted by atomic mass is 79.9. The zero-order valence-electron chi connectivity index (χ0n) is 9.29. The fraction of sp³-hybridized carbons (Fsp3) is 0.364. The molecule has 1 atom stereocenters. The number of halogens is 1. The topological polar surface area (TPSA) is 71.1 Å². The van der Waals surface area contributed by atoms with Gasteiger partial charge < -0.3 is 5.32 Å². The molecule has 0 aromatic carbocycles. The Bertz CT molecular complexity index is 476. The van der Waals surface area contributed by atoms with Gasteiger partial charge in [0.15, 0.2) is 0 Å². The van der Waals surface area contributed by atoms with Gasteiger partial charge in [-0.2, -0.15) is 0 Å². The first-order chi connectivity index (χ1) is 8.06. The molecule has 1 unspecified atom stereocenters. The second-order valence-electron chi connectivity index (χ2n) is 3.91. The smallest absolute Gasteiger partial charge is 0.249 e. The summed E-state index contributed by atoms with van der Waals surface area (Å²) >= 11 is 3.36. The standard InChI is InChI=1S/C11H12BrN3O2/c1-6-7(12)2-4-9(13-6)14-8-3-5-10(16)15-11(8)17/h2,4,8H,3,5H2,1H3,(H,13,14)(H,15,16,17). The number of anilines is 1. The van der Waals surface area contributed by atoms with E-state index in [1.807, 2.05) is 13.0 Å². The molecular weight excluding hydrogens is 286 g/mol. The molecule has 0 radical (unpaired) electrons. The maximum Gasteiger partial charge on any atom is 0.249 e. The maximum atomic E-state index is 11.5. The molecule has 0 bridgehead atoms. The summed E-state index contributed by atoms with van der Waals surface area (Å²) in [5.74, 6) is 0.136. The number of hydrogen-bond donors (Lipinski definition) is 2. The number of nitrogens with one attached hydrogen (secondary N) is 2. The molecule has 6 heteroatoms. The summed E-state index contributed by atoms with van der Waals surface area (Å²) in [6, 6.07) is 3.28. The van der Waals surface area contributed by atoms with E-state index in [0.717, 1.165) is 10.2 Å². The summed E-state index contributed by atoms with van der Waals surface area (Å²) < 4.78 is 0.923. The average Bonchev–Trinajstić information content (AvgIpc) is 2.27. The summed E-state index contributed by atoms with van der Waals surface area (Å²) in [7, 11) is 0. The number of rotatable bonds is 2. The van der Waals surface area contributed by atoms with Gasteiger partial charge in [0.05, 0.1) is 5.69 Å². The Hall–Kier alpha value is -1.43. The number of nitrogens with zero attached hydrogens (tertiary/aromatic N) is 1. The van der Waals surface area contributed by atoms with Gasteiger partial charge in [0, 0.05) is 10.9 Å². The van der Waals surface area contributed by atoms with Gasteiger partial charge in [-0.1, -0.05) is 0 Å². The fourth-order valence-electron chi connectivity index (χ4n) is 1.63. The van der Waals surface area contributed by atoms with E-state index in [0.29, 0.717) is 18.7 Å². The lowest BCUT2D eigenvalue weighted by Gasteiger charge is -2.22. The molecule has 2 N–H and O–H groups in total. The Balaban J connectivity index is 2.08. The fourth-order valence-corrected chi connectivity index (χ4v) is 1.86. The molecule has 2 amide bonds. The summed E-state index contributed by atoms with van der Waals surface area (Å²) in [6.45, 7) is 1.87. The van der Waals surface area contributed by atoms with Crippen molar-refractivity contribution in [3.63, 3.8) is 0 Å². The van der Waals surface area contributed by atoms with Crippen molar-refractivity contribution in [2.24, 2.45) is 0 Å². The number of aryl methyl sites for hydroxylation is 1. The lowest BCUT2D eigenvalue weighted by atomic mass is 10.1. The minimum atomic E-state index is -0.388. The minimum absolute atomic E-state index is 0.215. The first kappa shape index (κ1) is 12.0. The predicted octanol–water partition coefficient (Wildman–Crippen LogP) is 1.37. The lowest BCUT2D eigenvalue weighted by Crippen LogP contribution is -2.47. The van der Waals surface area contributed by atoms with Crippen molar-refractivity contribution in [1.82, 2.24) is 10.3 Å². The second-order valence-corrected chi connectivity index (χ2v) is 4.77. The third-order valence-electron chi connectivity index (χ3n) is 2.58. The van der Waals surface area contributed by atoms with Crippen molar-refractivity contribution in [3.8, 4) is 0 Å². The van der Waals surface area contributed by atoms with Crippen LogP contribution >= 0.6 is 15.9 Å². The average molecular weight is 298 g/mol. The molecule has 1 fully saturated rings. The summed E-state index contributed by atoms with van der Waals surface area (Å²) in [5.41, 5.74) is 0.849. The molecule has 2 heterocycles. The zero-order chi connectivity index (χ0) is 12.4. The molecular formula is C11H12BrN3O2. The van der Waals surface area contributed by atoms with Crippen molar-refractivity contribution in [3.05, 3.63) is 22.3 Å². The maximum absolute atomic E-state index is 11.5. The highest BCUT2D eigenvalue weighted by Crippen LogP contribution is 2.18. The van der Waals surface area contributed by atoms with Crippen LogP contribution in [0.25, 0.3) is 0 Å². The molecule has 0 spiro atoms. The van der Waals surface area contributed by atoms with Crippen LogP contribution in [-0.2, 0) is 9.59 Å². The Morgan fingerprint density at radius 1 is 1.47 bits per heavy atom. The Morgan fingerprint density at radius 3 is 2.88 bits per heavy atom. The normalized spacial score (nSPS) is 20.0. The number of hydrogen-bond acceptors (Lipinski definition) is 4. The van der Waals surface area contributed by atoms with Crippen LogP contribution in [0.15, 0.2) is 16.6 Å². The molecule has 5 nitrogen and oxygen atoms in total. The van der Waals surface area contributed by atoms with Crippen molar-refractivity contribution in [2.75, 3.05) is 5.32 Å².